The zero-order valence-electron chi connectivity index (χ0n) is 14.0. The van der Waals surface area contributed by atoms with E-state index < -0.39 is 0 Å². The molecule has 0 aliphatic rings. The zero-order chi connectivity index (χ0) is 16.9. The van der Waals surface area contributed by atoms with Crippen molar-refractivity contribution in [2.24, 2.45) is 0 Å². The summed E-state index contributed by atoms with van der Waals surface area (Å²) in [5.74, 6) is 0. The number of hydrogen-bond acceptors (Lipinski definition) is 4. The Balaban J connectivity index is 1.59. The summed E-state index contributed by atoms with van der Waals surface area (Å²) in [5, 5.41) is 8.36. The van der Waals surface area contributed by atoms with E-state index >= 15 is 0 Å². The number of rotatable bonds is 6. The summed E-state index contributed by atoms with van der Waals surface area (Å²) in [6, 6.07) is 12.2. The highest BCUT2D eigenvalue weighted by molar-refractivity contribution is 5.15. The molecule has 0 fully saturated rings. The van der Waals surface area contributed by atoms with E-state index in [4.69, 9.17) is 0 Å². The Hall–Kier alpha value is -2.76. The molecule has 0 radical (unpaired) electrons. The predicted octanol–water partition coefficient (Wildman–Crippen LogP) is 1.94. The number of nitrogens with zero attached hydrogens (tertiary/aromatic N) is 5. The van der Waals surface area contributed by atoms with Crippen molar-refractivity contribution < 1.29 is 0 Å². The first-order chi connectivity index (χ1) is 11.6. The minimum Gasteiger partial charge on any atom is -0.295 e. The van der Waals surface area contributed by atoms with Crippen LogP contribution < -0.4 is 5.69 Å². The van der Waals surface area contributed by atoms with Gasteiger partial charge in [-0.25, -0.2) is 4.79 Å². The van der Waals surface area contributed by atoms with Gasteiger partial charge in [0.25, 0.3) is 0 Å². The fourth-order valence-corrected chi connectivity index (χ4v) is 2.73. The maximum absolute atomic E-state index is 12.0. The number of aryl methyl sites for hydroxylation is 5. The number of aromatic nitrogens is 5. The van der Waals surface area contributed by atoms with Crippen molar-refractivity contribution in [3.63, 3.8) is 0 Å². The molecule has 0 N–H and O–H groups in total. The van der Waals surface area contributed by atoms with Gasteiger partial charge in [0.05, 0.1) is 12.2 Å². The van der Waals surface area contributed by atoms with Crippen LogP contribution in [-0.2, 0) is 25.9 Å². The lowest BCUT2D eigenvalue weighted by Gasteiger charge is -2.09. The van der Waals surface area contributed by atoms with E-state index in [1.54, 1.807) is 9.25 Å². The summed E-state index contributed by atoms with van der Waals surface area (Å²) < 4.78 is 3.45. The average Bonchev–Trinajstić information content (AvgIpc) is 3.01. The minimum atomic E-state index is -0.211. The van der Waals surface area contributed by atoms with Crippen LogP contribution in [-0.4, -0.2) is 24.5 Å². The summed E-state index contributed by atoms with van der Waals surface area (Å²) in [6.45, 7) is 4.89. The van der Waals surface area contributed by atoms with Crippen molar-refractivity contribution >= 4 is 0 Å². The Labute approximate surface area is 140 Å². The topological polar surface area (TPSA) is 65.6 Å². The SMILES string of the molecule is Cc1cc(C)n(CCn2cc(CCc3ccccc3)nn2)c(=O)n1. The second kappa shape index (κ2) is 7.21. The van der Waals surface area contributed by atoms with Crippen LogP contribution in [0.15, 0.2) is 47.4 Å². The molecule has 0 bridgehead atoms. The van der Waals surface area contributed by atoms with E-state index in [2.05, 4.69) is 27.4 Å². The first kappa shape index (κ1) is 16.1. The normalized spacial score (nSPS) is 10.9. The van der Waals surface area contributed by atoms with Gasteiger partial charge in [-0.15, -0.1) is 5.10 Å². The fraction of sp³-hybridized carbons (Fsp3) is 0.333. The first-order valence-corrected chi connectivity index (χ1v) is 8.10. The fourth-order valence-electron chi connectivity index (χ4n) is 2.73. The van der Waals surface area contributed by atoms with Gasteiger partial charge < -0.3 is 0 Å². The van der Waals surface area contributed by atoms with Gasteiger partial charge in [-0.1, -0.05) is 35.5 Å². The smallest absolute Gasteiger partial charge is 0.295 e. The molecule has 0 amide bonds. The number of benzene rings is 1. The highest BCUT2D eigenvalue weighted by Gasteiger charge is 2.05. The quantitative estimate of drug-likeness (QED) is 0.695. The van der Waals surface area contributed by atoms with Crippen molar-refractivity contribution in [3.05, 3.63) is 75.7 Å². The lowest BCUT2D eigenvalue weighted by Crippen LogP contribution is -2.27. The molecule has 2 aromatic heterocycles. The number of hydrogen-bond donors (Lipinski definition) is 0. The lowest BCUT2D eigenvalue weighted by atomic mass is 10.1. The summed E-state index contributed by atoms with van der Waals surface area (Å²) in [4.78, 5) is 15.9. The van der Waals surface area contributed by atoms with Gasteiger partial charge in [0.1, 0.15) is 0 Å². The van der Waals surface area contributed by atoms with Crippen LogP contribution in [0.4, 0.5) is 0 Å². The van der Waals surface area contributed by atoms with Gasteiger partial charge >= 0.3 is 5.69 Å². The molecule has 1 aromatic carbocycles. The van der Waals surface area contributed by atoms with E-state index in [0.717, 1.165) is 29.9 Å². The van der Waals surface area contributed by atoms with Crippen LogP contribution in [0.5, 0.6) is 0 Å². The Morgan fingerprint density at radius 1 is 1.04 bits per heavy atom. The molecule has 6 heteroatoms. The molecule has 0 saturated carbocycles. The van der Waals surface area contributed by atoms with E-state index in [9.17, 15) is 4.79 Å². The molecule has 0 aliphatic heterocycles. The van der Waals surface area contributed by atoms with Crippen LogP contribution in [0.2, 0.25) is 0 Å². The molecule has 0 aliphatic carbocycles. The Morgan fingerprint density at radius 2 is 1.83 bits per heavy atom. The third kappa shape index (κ3) is 3.95. The summed E-state index contributed by atoms with van der Waals surface area (Å²) in [7, 11) is 0. The largest absolute Gasteiger partial charge is 0.348 e. The van der Waals surface area contributed by atoms with E-state index in [0.29, 0.717) is 13.1 Å². The third-order valence-electron chi connectivity index (χ3n) is 4.00. The lowest BCUT2D eigenvalue weighted by molar-refractivity contribution is 0.497. The zero-order valence-corrected chi connectivity index (χ0v) is 14.0. The highest BCUT2D eigenvalue weighted by Crippen LogP contribution is 2.05. The van der Waals surface area contributed by atoms with Gasteiger partial charge in [0, 0.05) is 24.1 Å². The highest BCUT2D eigenvalue weighted by atomic mass is 16.1. The molecule has 0 spiro atoms. The van der Waals surface area contributed by atoms with Gasteiger partial charge in [0.2, 0.25) is 0 Å². The molecular weight excluding hydrogens is 302 g/mol. The molecule has 3 rings (SSSR count). The molecule has 3 aromatic rings. The second-order valence-electron chi connectivity index (χ2n) is 5.93. The van der Waals surface area contributed by atoms with E-state index in [1.165, 1.54) is 5.56 Å². The second-order valence-corrected chi connectivity index (χ2v) is 5.93. The molecule has 0 atom stereocenters. The molecule has 6 nitrogen and oxygen atoms in total. The summed E-state index contributed by atoms with van der Waals surface area (Å²) >= 11 is 0. The Bertz CT molecular complexity index is 867. The van der Waals surface area contributed by atoms with Gasteiger partial charge in [-0.05, 0) is 38.3 Å². The van der Waals surface area contributed by atoms with Gasteiger partial charge in [-0.3, -0.25) is 9.25 Å². The van der Waals surface area contributed by atoms with E-state index in [1.807, 2.05) is 44.3 Å². The molecular formula is C18H21N5O. The van der Waals surface area contributed by atoms with Gasteiger partial charge in [0.15, 0.2) is 0 Å². The average molecular weight is 323 g/mol. The Morgan fingerprint density at radius 3 is 2.58 bits per heavy atom. The van der Waals surface area contributed by atoms with Crippen LogP contribution >= 0.6 is 0 Å². The van der Waals surface area contributed by atoms with Crippen molar-refractivity contribution in [3.8, 4) is 0 Å². The molecule has 0 unspecified atom stereocenters. The first-order valence-electron chi connectivity index (χ1n) is 8.10. The van der Waals surface area contributed by atoms with E-state index in [-0.39, 0.29) is 5.69 Å². The predicted molar refractivity (Wildman–Crippen MR) is 91.8 cm³/mol. The molecule has 124 valence electrons. The Kier molecular flexibility index (Phi) is 4.84. The molecule has 0 saturated heterocycles. The molecule has 2 heterocycles. The standard InChI is InChI=1S/C18H21N5O/c1-14-12-15(2)23(18(24)19-14)11-10-22-13-17(20-21-22)9-8-16-6-4-3-5-7-16/h3-7,12-13H,8-11H2,1-2H3. The van der Waals surface area contributed by atoms with Gasteiger partial charge in [-0.2, -0.15) is 4.98 Å². The van der Waals surface area contributed by atoms with Crippen LogP contribution in [0, 0.1) is 13.8 Å². The van der Waals surface area contributed by atoms with Crippen molar-refractivity contribution in [1.82, 2.24) is 24.5 Å². The van der Waals surface area contributed by atoms with Crippen LogP contribution in [0.1, 0.15) is 22.6 Å². The van der Waals surface area contributed by atoms with Crippen molar-refractivity contribution in [2.75, 3.05) is 0 Å². The van der Waals surface area contributed by atoms with Crippen molar-refractivity contribution in [1.29, 1.82) is 0 Å². The van der Waals surface area contributed by atoms with Crippen molar-refractivity contribution in [2.45, 2.75) is 39.8 Å². The summed E-state index contributed by atoms with van der Waals surface area (Å²) in [5.41, 5.74) is 3.71. The molecule has 24 heavy (non-hydrogen) atoms. The monoisotopic (exact) mass is 323 g/mol. The van der Waals surface area contributed by atoms with Crippen LogP contribution in [0.25, 0.3) is 0 Å². The minimum absolute atomic E-state index is 0.211. The third-order valence-corrected chi connectivity index (χ3v) is 4.00. The summed E-state index contributed by atoms with van der Waals surface area (Å²) in [6.07, 6.45) is 3.75. The maximum Gasteiger partial charge on any atom is 0.348 e. The maximum atomic E-state index is 12.0. The van der Waals surface area contributed by atoms with Crippen LogP contribution in [0.3, 0.4) is 0 Å².